The number of aryl methyl sites for hydroxylation is 2. The third kappa shape index (κ3) is 7.10. The molecule has 10 nitrogen and oxygen atoms in total. The number of imidazole rings is 1. The third-order valence-corrected chi connectivity index (χ3v) is 9.84. The molecule has 5 rings (SSSR count). The van der Waals surface area contributed by atoms with Crippen LogP contribution in [0.4, 0.5) is 28.9 Å². The van der Waals surface area contributed by atoms with Crippen molar-refractivity contribution in [3.8, 4) is 0 Å². The smallest absolute Gasteiger partial charge is 0.416 e. The summed E-state index contributed by atoms with van der Waals surface area (Å²) in [7, 11) is -2.19. The van der Waals surface area contributed by atoms with Gasteiger partial charge in [0.15, 0.2) is 0 Å². The van der Waals surface area contributed by atoms with Crippen LogP contribution in [0.3, 0.4) is 0 Å². The van der Waals surface area contributed by atoms with E-state index in [1.165, 1.54) is 24.3 Å². The Morgan fingerprint density at radius 2 is 1.77 bits per heavy atom. The molecule has 1 aromatic heterocycles. The Balaban J connectivity index is 1.38. The quantitative estimate of drug-likeness (QED) is 0.183. The Hall–Kier alpha value is -4.50. The zero-order valence-corrected chi connectivity index (χ0v) is 26.3. The van der Waals surface area contributed by atoms with Gasteiger partial charge in [-0.2, -0.15) is 13.2 Å². The van der Waals surface area contributed by atoms with Crippen molar-refractivity contribution in [2.75, 3.05) is 16.6 Å². The number of halogens is 4. The highest BCUT2D eigenvalue weighted by Crippen LogP contribution is 2.44. The Morgan fingerprint density at radius 3 is 2.38 bits per heavy atom. The number of carboxylic acids is 1. The van der Waals surface area contributed by atoms with Crippen molar-refractivity contribution >= 4 is 44.3 Å². The van der Waals surface area contributed by atoms with Crippen LogP contribution in [0.2, 0.25) is 0 Å². The molecule has 0 unspecified atom stereocenters. The molecule has 3 N–H and O–H groups in total. The van der Waals surface area contributed by atoms with Crippen LogP contribution >= 0.6 is 0 Å². The van der Waals surface area contributed by atoms with Crippen LogP contribution in [-0.2, 0) is 37.6 Å². The fraction of sp³-hybridized carbons (Fsp3) is 0.344. The number of hydrogen-bond acceptors (Lipinski definition) is 6. The van der Waals surface area contributed by atoms with E-state index < -0.39 is 69.0 Å². The number of amides is 1. The van der Waals surface area contributed by atoms with E-state index in [1.54, 1.807) is 32.0 Å². The number of nitrogens with one attached hydrogen (secondary N) is 2. The molecule has 3 aromatic carbocycles. The fourth-order valence-corrected chi connectivity index (χ4v) is 7.14. The molecule has 1 aliphatic carbocycles. The molecule has 47 heavy (non-hydrogen) atoms. The van der Waals surface area contributed by atoms with Gasteiger partial charge in [0.2, 0.25) is 5.91 Å². The van der Waals surface area contributed by atoms with E-state index in [9.17, 15) is 40.7 Å². The van der Waals surface area contributed by atoms with Crippen LogP contribution in [0.25, 0.3) is 11.0 Å². The van der Waals surface area contributed by atoms with E-state index in [4.69, 9.17) is 4.74 Å². The molecule has 4 aromatic rings. The molecule has 4 atom stereocenters. The van der Waals surface area contributed by atoms with Crippen molar-refractivity contribution in [3.63, 3.8) is 0 Å². The number of anilines is 2. The lowest BCUT2D eigenvalue weighted by molar-refractivity contribution is -0.151. The summed E-state index contributed by atoms with van der Waals surface area (Å²) < 4.78 is 90.0. The maximum Gasteiger partial charge on any atom is 0.416 e. The molecular formula is C32H32F4N4O6S. The van der Waals surface area contributed by atoms with Gasteiger partial charge in [-0.15, -0.1) is 0 Å². The molecule has 1 aliphatic rings. The SMILES string of the molecule is CCO[C@@H]1C[C@H](c2ccc(NS(=O)(=O)c3ccc4c(c3)nc(C)n4C)cc2)[C@@H](C(=O)O)[C@H](C(=O)Nc2ccc(C(F)(F)F)cc2F)C1. The van der Waals surface area contributed by atoms with Gasteiger partial charge in [-0.3, -0.25) is 14.3 Å². The predicted molar refractivity (Wildman–Crippen MR) is 165 cm³/mol. The van der Waals surface area contributed by atoms with Crippen LogP contribution < -0.4 is 10.0 Å². The number of ether oxygens (including phenoxy) is 1. The summed E-state index contributed by atoms with van der Waals surface area (Å²) in [6.07, 6.45) is -5.15. The number of benzene rings is 3. The Bertz CT molecular complexity index is 1930. The summed E-state index contributed by atoms with van der Waals surface area (Å²) in [4.78, 5) is 30.4. The number of nitrogens with zero attached hydrogens (tertiary/aromatic N) is 2. The van der Waals surface area contributed by atoms with Gasteiger partial charge in [-0.05, 0) is 80.8 Å². The minimum atomic E-state index is -4.79. The molecular weight excluding hydrogens is 644 g/mol. The number of fused-ring (bicyclic) bond motifs is 1. The summed E-state index contributed by atoms with van der Waals surface area (Å²) in [5.74, 6) is -6.09. The topological polar surface area (TPSA) is 140 Å². The van der Waals surface area contributed by atoms with Gasteiger partial charge in [-0.25, -0.2) is 17.8 Å². The van der Waals surface area contributed by atoms with Crippen LogP contribution in [0.15, 0.2) is 65.6 Å². The average molecular weight is 677 g/mol. The van der Waals surface area contributed by atoms with Crippen LogP contribution in [-0.4, -0.2) is 47.7 Å². The standard InChI is InChI=1S/C32H32F4N4O6S/c1-4-46-21-14-23(29(31(42)43)24(15-21)30(41)38-26-11-7-19(13-25(26)33)32(34,35)36)18-5-8-20(9-6-18)39-47(44,45)22-10-12-28-27(16-22)37-17(2)40(28)3/h5-13,16,21,23-24,29,39H,4,14-15H2,1-3H3,(H,38,41)(H,42,43)/t21-,23-,24-,29-/m1/s1. The van der Waals surface area contributed by atoms with Crippen molar-refractivity contribution in [3.05, 3.63) is 83.4 Å². The maximum absolute atomic E-state index is 14.5. The highest BCUT2D eigenvalue weighted by Gasteiger charge is 2.46. The Labute approximate surface area is 267 Å². The summed E-state index contributed by atoms with van der Waals surface area (Å²) in [5, 5.41) is 12.5. The monoisotopic (exact) mass is 676 g/mol. The van der Waals surface area contributed by atoms with E-state index in [-0.39, 0.29) is 36.1 Å². The lowest BCUT2D eigenvalue weighted by Crippen LogP contribution is -2.45. The average Bonchev–Trinajstić information content (AvgIpc) is 3.29. The van der Waals surface area contributed by atoms with Gasteiger partial charge in [-0.1, -0.05) is 12.1 Å². The second kappa shape index (κ2) is 13.0. The molecule has 15 heteroatoms. The largest absolute Gasteiger partial charge is 0.481 e. The molecule has 1 saturated carbocycles. The summed E-state index contributed by atoms with van der Waals surface area (Å²) >= 11 is 0. The molecule has 1 amide bonds. The fourth-order valence-electron chi connectivity index (χ4n) is 6.06. The molecule has 0 saturated heterocycles. The number of carboxylic acid groups (broad SMARTS) is 1. The normalized spacial score (nSPS) is 20.2. The molecule has 1 heterocycles. The molecule has 0 bridgehead atoms. The summed E-state index contributed by atoms with van der Waals surface area (Å²) in [5.41, 5.74) is 0.240. The van der Waals surface area contributed by atoms with Crippen molar-refractivity contribution in [1.29, 1.82) is 0 Å². The predicted octanol–water partition coefficient (Wildman–Crippen LogP) is 6.08. The first-order valence-electron chi connectivity index (χ1n) is 14.7. The van der Waals surface area contributed by atoms with Crippen molar-refractivity contribution in [2.45, 2.75) is 49.8 Å². The van der Waals surface area contributed by atoms with Crippen LogP contribution in [0.1, 0.15) is 42.6 Å². The van der Waals surface area contributed by atoms with E-state index in [1.807, 2.05) is 11.6 Å². The second-order valence-electron chi connectivity index (χ2n) is 11.4. The van der Waals surface area contributed by atoms with Gasteiger partial charge in [0.1, 0.15) is 11.6 Å². The van der Waals surface area contributed by atoms with Gasteiger partial charge in [0, 0.05) is 25.3 Å². The number of aliphatic carboxylic acids is 1. The Morgan fingerprint density at radius 1 is 1.06 bits per heavy atom. The van der Waals surface area contributed by atoms with Gasteiger partial charge >= 0.3 is 12.1 Å². The van der Waals surface area contributed by atoms with Crippen molar-refractivity contribution in [2.24, 2.45) is 18.9 Å². The molecule has 0 spiro atoms. The van der Waals surface area contributed by atoms with Crippen molar-refractivity contribution in [1.82, 2.24) is 9.55 Å². The molecule has 250 valence electrons. The zero-order chi connectivity index (χ0) is 34.3. The number of carbonyl (C=O) groups is 2. The lowest BCUT2D eigenvalue weighted by atomic mass is 9.67. The highest BCUT2D eigenvalue weighted by molar-refractivity contribution is 7.92. The summed E-state index contributed by atoms with van der Waals surface area (Å²) in [6.45, 7) is 3.81. The lowest BCUT2D eigenvalue weighted by Gasteiger charge is -2.39. The van der Waals surface area contributed by atoms with Gasteiger partial charge < -0.3 is 19.7 Å². The molecule has 0 aliphatic heterocycles. The van der Waals surface area contributed by atoms with E-state index in [2.05, 4.69) is 15.0 Å². The van der Waals surface area contributed by atoms with Crippen LogP contribution in [0, 0.1) is 24.6 Å². The number of carbonyl (C=O) groups excluding carboxylic acids is 1. The first-order valence-corrected chi connectivity index (χ1v) is 16.1. The number of hydrogen-bond donors (Lipinski definition) is 3. The minimum Gasteiger partial charge on any atom is -0.481 e. The Kier molecular flexibility index (Phi) is 9.33. The first kappa shape index (κ1) is 33.9. The zero-order valence-electron chi connectivity index (χ0n) is 25.5. The maximum atomic E-state index is 14.5. The van der Waals surface area contributed by atoms with Crippen LogP contribution in [0.5, 0.6) is 0 Å². The van der Waals surface area contributed by atoms with Gasteiger partial charge in [0.05, 0.1) is 45.1 Å². The minimum absolute atomic E-state index is 0.00305. The summed E-state index contributed by atoms with van der Waals surface area (Å²) in [6, 6.07) is 12.3. The van der Waals surface area contributed by atoms with E-state index in [0.29, 0.717) is 17.1 Å². The highest BCUT2D eigenvalue weighted by atomic mass is 32.2. The number of rotatable bonds is 9. The molecule has 0 radical (unpaired) electrons. The van der Waals surface area contributed by atoms with E-state index in [0.717, 1.165) is 17.4 Å². The van der Waals surface area contributed by atoms with Crippen molar-refractivity contribution < 1.29 is 45.4 Å². The number of aromatic nitrogens is 2. The van der Waals surface area contributed by atoms with Gasteiger partial charge in [0.25, 0.3) is 10.0 Å². The first-order chi connectivity index (χ1) is 22.1. The van der Waals surface area contributed by atoms with E-state index >= 15 is 0 Å². The molecule has 1 fully saturated rings. The third-order valence-electron chi connectivity index (χ3n) is 8.46. The number of alkyl halides is 3. The second-order valence-corrected chi connectivity index (χ2v) is 13.1. The number of sulfonamides is 1.